The number of nitrogens with one attached hydrogen (secondary N) is 3. The molecule has 3 aromatic carbocycles. The van der Waals surface area contributed by atoms with Crippen molar-refractivity contribution in [1.29, 1.82) is 0 Å². The fraction of sp³-hybridized carbons (Fsp3) is 0.194. The molecule has 4 N–H and O–H groups in total. The van der Waals surface area contributed by atoms with Gasteiger partial charge in [-0.05, 0) is 78.0 Å². The maximum absolute atomic E-state index is 14.5. The van der Waals surface area contributed by atoms with Crippen molar-refractivity contribution in [2.24, 2.45) is 0 Å². The molecule has 2 aliphatic heterocycles. The van der Waals surface area contributed by atoms with E-state index in [2.05, 4.69) is 27.9 Å². The van der Waals surface area contributed by atoms with Crippen molar-refractivity contribution >= 4 is 40.6 Å². The monoisotopic (exact) mass is 587 g/mol. The number of carboxylic acids is 1. The predicted octanol–water partition coefficient (Wildman–Crippen LogP) is 5.05. The summed E-state index contributed by atoms with van der Waals surface area (Å²) in [6, 6.07) is 15.3. The van der Waals surface area contributed by atoms with E-state index in [4.69, 9.17) is 11.6 Å². The van der Waals surface area contributed by atoms with Crippen molar-refractivity contribution in [3.8, 4) is 5.69 Å². The van der Waals surface area contributed by atoms with E-state index in [0.717, 1.165) is 36.2 Å². The molecule has 9 nitrogen and oxygen atoms in total. The Morgan fingerprint density at radius 1 is 1.02 bits per heavy atom. The number of amides is 2. The number of fused-ring (bicyclic) bond motifs is 1. The molecule has 4 aromatic rings. The summed E-state index contributed by atoms with van der Waals surface area (Å²) in [4.78, 5) is 40.4. The van der Waals surface area contributed by atoms with E-state index in [0.29, 0.717) is 12.1 Å². The number of anilines is 1. The number of hydrogen-bond acceptors (Lipinski definition) is 4. The molecule has 0 radical (unpaired) electrons. The lowest BCUT2D eigenvalue weighted by molar-refractivity contribution is -0.121. The summed E-state index contributed by atoms with van der Waals surface area (Å²) < 4.78 is 15.9. The van der Waals surface area contributed by atoms with Crippen LogP contribution in [-0.4, -0.2) is 57.2 Å². The molecule has 1 aromatic heterocycles. The molecule has 0 spiro atoms. The second kappa shape index (κ2) is 11.3. The van der Waals surface area contributed by atoms with Gasteiger partial charge in [-0.25, -0.2) is 9.18 Å². The molecule has 0 saturated heterocycles. The number of carbonyl (C=O) groups is 3. The highest BCUT2D eigenvalue weighted by Crippen LogP contribution is 2.37. The van der Waals surface area contributed by atoms with Crippen LogP contribution in [0.5, 0.6) is 0 Å². The molecule has 3 heterocycles. The van der Waals surface area contributed by atoms with Crippen LogP contribution in [0.25, 0.3) is 11.3 Å². The van der Waals surface area contributed by atoms with Gasteiger partial charge in [0.25, 0.3) is 11.8 Å². The van der Waals surface area contributed by atoms with Crippen molar-refractivity contribution in [2.75, 3.05) is 25.0 Å². The Kier molecular flexibility index (Phi) is 7.40. The molecule has 42 heavy (non-hydrogen) atoms. The number of H-pyrrole nitrogens is 1. The van der Waals surface area contributed by atoms with E-state index in [1.54, 1.807) is 6.07 Å². The zero-order valence-electron chi connectivity index (χ0n) is 22.4. The number of benzene rings is 3. The smallest absolute Gasteiger partial charge is 0.335 e. The topological polar surface area (TPSA) is 119 Å². The summed E-state index contributed by atoms with van der Waals surface area (Å²) in [7, 11) is 0. The summed E-state index contributed by atoms with van der Waals surface area (Å²) in [5, 5.41) is 18.2. The first-order chi connectivity index (χ1) is 20.3. The van der Waals surface area contributed by atoms with Crippen molar-refractivity contribution in [1.82, 2.24) is 20.0 Å². The van der Waals surface area contributed by atoms with Crippen molar-refractivity contribution in [2.45, 2.75) is 18.9 Å². The molecular weight excluding hydrogens is 561 g/mol. The molecule has 0 bridgehead atoms. The lowest BCUT2D eigenvalue weighted by atomic mass is 9.84. The van der Waals surface area contributed by atoms with Crippen LogP contribution in [0, 0.1) is 5.82 Å². The zero-order chi connectivity index (χ0) is 29.4. The van der Waals surface area contributed by atoms with E-state index in [9.17, 15) is 23.9 Å². The summed E-state index contributed by atoms with van der Waals surface area (Å²) >= 11 is 5.91. The molecule has 0 saturated carbocycles. The Labute approximate surface area is 245 Å². The Morgan fingerprint density at radius 2 is 1.79 bits per heavy atom. The summed E-state index contributed by atoms with van der Waals surface area (Å²) in [5.74, 6) is -2.53. The number of halogens is 2. The van der Waals surface area contributed by atoms with Crippen LogP contribution in [0.2, 0.25) is 5.02 Å². The minimum Gasteiger partial charge on any atom is -0.478 e. The zero-order valence-corrected chi connectivity index (χ0v) is 23.1. The van der Waals surface area contributed by atoms with Gasteiger partial charge in [0.05, 0.1) is 22.5 Å². The van der Waals surface area contributed by atoms with Gasteiger partial charge in [-0.15, -0.1) is 0 Å². The maximum Gasteiger partial charge on any atom is 0.335 e. The number of nitrogens with zero attached hydrogens (tertiary/aromatic N) is 2. The van der Waals surface area contributed by atoms with Crippen molar-refractivity contribution < 1.29 is 23.9 Å². The van der Waals surface area contributed by atoms with Gasteiger partial charge < -0.3 is 20.6 Å². The average Bonchev–Trinajstić information content (AvgIpc) is 2.98. The molecule has 6 rings (SSSR count). The fourth-order valence-corrected chi connectivity index (χ4v) is 5.73. The van der Waals surface area contributed by atoms with Crippen LogP contribution in [-0.2, 0) is 11.2 Å². The Hall–Kier alpha value is -4.67. The van der Waals surface area contributed by atoms with E-state index >= 15 is 0 Å². The van der Waals surface area contributed by atoms with Gasteiger partial charge in [-0.2, -0.15) is 0 Å². The van der Waals surface area contributed by atoms with Gasteiger partial charge in [0.15, 0.2) is 5.82 Å². The number of rotatable bonds is 6. The van der Waals surface area contributed by atoms with Gasteiger partial charge in [0.2, 0.25) is 0 Å². The summed E-state index contributed by atoms with van der Waals surface area (Å²) in [6.07, 6.45) is 5.04. The van der Waals surface area contributed by atoms with E-state index < -0.39 is 29.6 Å². The third-order valence-electron chi connectivity index (χ3n) is 7.66. The highest BCUT2D eigenvalue weighted by molar-refractivity contribution is 6.30. The van der Waals surface area contributed by atoms with Crippen LogP contribution in [0.1, 0.15) is 50.0 Å². The van der Waals surface area contributed by atoms with Crippen molar-refractivity contribution in [3.63, 3.8) is 0 Å². The standard InChI is InChI=1S/C31H27ClFN5O4/c32-24-5-2-6-26(27(24)33)38-17-25(36-38)30(40)37-16-13-22-21(18-11-14-34-15-12-18)3-1-4-23(22)28(37)29(39)35-20-9-7-19(8-10-20)31(41)42/h1-11,17,28,34,36H,12-16H2,(H,35,39)(H,41,42). The van der Waals surface area contributed by atoms with Crippen LogP contribution in [0.15, 0.2) is 72.9 Å². The molecule has 2 amide bonds. The number of aromatic amines is 1. The van der Waals surface area contributed by atoms with Gasteiger partial charge in [0, 0.05) is 18.8 Å². The normalized spacial score (nSPS) is 16.5. The minimum atomic E-state index is -1.07. The molecule has 11 heteroatoms. The van der Waals surface area contributed by atoms with Crippen LogP contribution >= 0.6 is 11.6 Å². The van der Waals surface area contributed by atoms with E-state index in [-0.39, 0.29) is 28.5 Å². The number of carboxylic acid groups (broad SMARTS) is 1. The van der Waals surface area contributed by atoms with Crippen molar-refractivity contribution in [3.05, 3.63) is 112 Å². The number of aromatic nitrogens is 2. The SMILES string of the molecule is O=C(O)c1ccc(NC(=O)C2c3cccc(C4=CCNCC4)c3CCN2C(=O)c2cn(-c3cccc(Cl)c3F)[nH]2)cc1. The third kappa shape index (κ3) is 5.10. The quantitative estimate of drug-likeness (QED) is 0.252. The first kappa shape index (κ1) is 27.5. The van der Waals surface area contributed by atoms with Gasteiger partial charge >= 0.3 is 5.97 Å². The number of aromatic carboxylic acids is 1. The molecule has 2 aliphatic rings. The fourth-order valence-electron chi connectivity index (χ4n) is 5.57. The molecule has 0 aliphatic carbocycles. The van der Waals surface area contributed by atoms with E-state index in [1.807, 2.05) is 12.1 Å². The Balaban J connectivity index is 1.34. The maximum atomic E-state index is 14.5. The second-order valence-corrected chi connectivity index (χ2v) is 10.6. The van der Waals surface area contributed by atoms with E-state index in [1.165, 1.54) is 57.7 Å². The molecule has 1 unspecified atom stereocenters. The molecule has 0 fully saturated rings. The Bertz CT molecular complexity index is 1710. The average molecular weight is 588 g/mol. The summed E-state index contributed by atoms with van der Waals surface area (Å²) in [5.41, 5.74) is 4.91. The number of carbonyl (C=O) groups excluding carboxylic acids is 2. The highest BCUT2D eigenvalue weighted by atomic mass is 35.5. The molecule has 214 valence electrons. The summed E-state index contributed by atoms with van der Waals surface area (Å²) in [6.45, 7) is 1.91. The van der Waals surface area contributed by atoms with Gasteiger partial charge in [-0.1, -0.05) is 41.9 Å². The predicted molar refractivity (Wildman–Crippen MR) is 157 cm³/mol. The molecular formula is C31H27ClFN5O4. The van der Waals surface area contributed by atoms with Crippen LogP contribution in [0.4, 0.5) is 10.1 Å². The lowest BCUT2D eigenvalue weighted by Gasteiger charge is -2.38. The van der Waals surface area contributed by atoms with Crippen LogP contribution < -0.4 is 10.6 Å². The lowest BCUT2D eigenvalue weighted by Crippen LogP contribution is -2.46. The third-order valence-corrected chi connectivity index (χ3v) is 7.95. The second-order valence-electron chi connectivity index (χ2n) is 10.2. The van der Waals surface area contributed by atoms with Gasteiger partial charge in [0.1, 0.15) is 11.7 Å². The largest absolute Gasteiger partial charge is 0.478 e. The first-order valence-corrected chi connectivity index (χ1v) is 13.9. The number of hydrogen-bond donors (Lipinski definition) is 4. The van der Waals surface area contributed by atoms with Crippen LogP contribution in [0.3, 0.4) is 0 Å². The van der Waals surface area contributed by atoms with Gasteiger partial charge in [-0.3, -0.25) is 19.4 Å². The highest BCUT2D eigenvalue weighted by Gasteiger charge is 2.38. The first-order valence-electron chi connectivity index (χ1n) is 13.5. The minimum absolute atomic E-state index is 0.0390. The molecule has 1 atom stereocenters. The Morgan fingerprint density at radius 3 is 2.50 bits per heavy atom.